The van der Waals surface area contributed by atoms with Crippen molar-refractivity contribution in [3.8, 4) is 0 Å². The fourth-order valence-electron chi connectivity index (χ4n) is 2.28. The highest BCUT2D eigenvalue weighted by molar-refractivity contribution is 7.85. The zero-order valence-electron chi connectivity index (χ0n) is 12.8. The molecule has 0 saturated carbocycles. The molecule has 0 radical (unpaired) electrons. The third-order valence-corrected chi connectivity index (χ3v) is 4.96. The highest BCUT2D eigenvalue weighted by Gasteiger charge is 2.14. The molecule has 5 nitrogen and oxygen atoms in total. The predicted octanol–water partition coefficient (Wildman–Crippen LogP) is 3.53. The van der Waals surface area contributed by atoms with E-state index in [0.29, 0.717) is 5.82 Å². The minimum Gasteiger partial charge on any atom is -0.346 e. The Morgan fingerprint density at radius 1 is 1.18 bits per heavy atom. The first-order valence-electron chi connectivity index (χ1n) is 7.14. The summed E-state index contributed by atoms with van der Waals surface area (Å²) >= 11 is 0. The number of hydrogen-bond donors (Lipinski definition) is 2. The zero-order valence-corrected chi connectivity index (χ0v) is 13.6. The van der Waals surface area contributed by atoms with Crippen molar-refractivity contribution in [3.63, 3.8) is 0 Å². The second-order valence-electron chi connectivity index (χ2n) is 5.33. The second-order valence-corrected chi connectivity index (χ2v) is 7.30. The van der Waals surface area contributed by atoms with Crippen LogP contribution in [0.4, 0.5) is 11.5 Å². The van der Waals surface area contributed by atoms with Gasteiger partial charge in [0.15, 0.2) is 0 Å². The van der Waals surface area contributed by atoms with Gasteiger partial charge in [-0.25, -0.2) is 9.97 Å². The molecule has 3 aromatic rings. The standard InChI is InChI=1S/C16H18N4OS/c1-10(2)22(21)14-7-5-4-6-13(14)20-16-12-8-9-17-15(12)18-11(3)19-16/h4-10H,1-3H3,(H2,17,18,19,20). The summed E-state index contributed by atoms with van der Waals surface area (Å²) in [6.07, 6.45) is 1.84. The third kappa shape index (κ3) is 2.74. The fraction of sp³-hybridized carbons (Fsp3) is 0.250. The molecule has 2 heterocycles. The normalized spacial score (nSPS) is 12.7. The van der Waals surface area contributed by atoms with Crippen molar-refractivity contribution < 1.29 is 4.21 Å². The molecular formula is C16H18N4OS. The van der Waals surface area contributed by atoms with Crippen LogP contribution >= 0.6 is 0 Å². The molecular weight excluding hydrogens is 296 g/mol. The molecule has 0 fully saturated rings. The lowest BCUT2D eigenvalue weighted by molar-refractivity contribution is 0.677. The number of hydrogen-bond acceptors (Lipinski definition) is 4. The first kappa shape index (κ1) is 14.7. The number of para-hydroxylation sites is 1. The highest BCUT2D eigenvalue weighted by Crippen LogP contribution is 2.28. The van der Waals surface area contributed by atoms with Crippen LogP contribution in [0, 0.1) is 6.92 Å². The molecule has 0 saturated heterocycles. The van der Waals surface area contributed by atoms with Crippen molar-refractivity contribution in [1.29, 1.82) is 0 Å². The molecule has 114 valence electrons. The Balaban J connectivity index is 2.06. The number of benzene rings is 1. The Labute approximate surface area is 131 Å². The van der Waals surface area contributed by atoms with Crippen molar-refractivity contribution >= 4 is 33.3 Å². The van der Waals surface area contributed by atoms with Gasteiger partial charge in [-0.05, 0) is 25.1 Å². The van der Waals surface area contributed by atoms with Crippen LogP contribution in [0.25, 0.3) is 11.0 Å². The lowest BCUT2D eigenvalue weighted by Crippen LogP contribution is -2.08. The Kier molecular flexibility index (Phi) is 3.94. The Hall–Kier alpha value is -2.21. The molecule has 1 aromatic carbocycles. The topological polar surface area (TPSA) is 70.7 Å². The summed E-state index contributed by atoms with van der Waals surface area (Å²) in [6, 6.07) is 9.56. The van der Waals surface area contributed by atoms with E-state index in [-0.39, 0.29) is 5.25 Å². The van der Waals surface area contributed by atoms with Gasteiger partial charge in [0.25, 0.3) is 0 Å². The molecule has 0 aliphatic rings. The average Bonchev–Trinajstić information content (AvgIpc) is 2.95. The number of aromatic nitrogens is 3. The SMILES string of the molecule is Cc1nc(Nc2ccccc2S(=O)C(C)C)c2cc[nH]c2n1. The molecule has 0 aliphatic carbocycles. The molecule has 6 heteroatoms. The molecule has 2 aromatic heterocycles. The van der Waals surface area contributed by atoms with Crippen LogP contribution in [-0.2, 0) is 10.8 Å². The van der Waals surface area contributed by atoms with Gasteiger partial charge in [-0.3, -0.25) is 4.21 Å². The van der Waals surface area contributed by atoms with Gasteiger partial charge < -0.3 is 10.3 Å². The van der Waals surface area contributed by atoms with E-state index in [9.17, 15) is 4.21 Å². The van der Waals surface area contributed by atoms with Crippen molar-refractivity contribution in [1.82, 2.24) is 15.0 Å². The second kappa shape index (κ2) is 5.88. The summed E-state index contributed by atoms with van der Waals surface area (Å²) in [4.78, 5) is 12.7. The molecule has 0 amide bonds. The first-order valence-corrected chi connectivity index (χ1v) is 8.36. The van der Waals surface area contributed by atoms with Gasteiger partial charge in [0.05, 0.1) is 26.8 Å². The lowest BCUT2D eigenvalue weighted by atomic mass is 10.3. The van der Waals surface area contributed by atoms with E-state index >= 15 is 0 Å². The Morgan fingerprint density at radius 2 is 1.95 bits per heavy atom. The molecule has 3 rings (SSSR count). The number of anilines is 2. The molecule has 0 aliphatic heterocycles. The highest BCUT2D eigenvalue weighted by atomic mass is 32.2. The minimum atomic E-state index is -1.06. The van der Waals surface area contributed by atoms with Crippen LogP contribution < -0.4 is 5.32 Å². The summed E-state index contributed by atoms with van der Waals surface area (Å²) in [7, 11) is -1.06. The number of nitrogens with one attached hydrogen (secondary N) is 2. The van der Waals surface area contributed by atoms with Crippen LogP contribution in [0.2, 0.25) is 0 Å². The van der Waals surface area contributed by atoms with Crippen molar-refractivity contribution in [2.45, 2.75) is 30.9 Å². The smallest absolute Gasteiger partial charge is 0.143 e. The molecule has 1 atom stereocenters. The van der Waals surface area contributed by atoms with Gasteiger partial charge in [0, 0.05) is 11.4 Å². The van der Waals surface area contributed by atoms with E-state index in [2.05, 4.69) is 20.3 Å². The van der Waals surface area contributed by atoms with Gasteiger partial charge in [-0.1, -0.05) is 26.0 Å². The van der Waals surface area contributed by atoms with Crippen molar-refractivity contribution in [2.75, 3.05) is 5.32 Å². The zero-order chi connectivity index (χ0) is 15.7. The van der Waals surface area contributed by atoms with Crippen LogP contribution in [-0.4, -0.2) is 24.4 Å². The van der Waals surface area contributed by atoms with Gasteiger partial charge in [0.2, 0.25) is 0 Å². The van der Waals surface area contributed by atoms with Crippen LogP contribution in [0.5, 0.6) is 0 Å². The van der Waals surface area contributed by atoms with Gasteiger partial charge >= 0.3 is 0 Å². The van der Waals surface area contributed by atoms with E-state index < -0.39 is 10.8 Å². The van der Waals surface area contributed by atoms with Gasteiger partial charge in [-0.2, -0.15) is 0 Å². The van der Waals surface area contributed by atoms with E-state index in [0.717, 1.165) is 27.4 Å². The molecule has 0 spiro atoms. The van der Waals surface area contributed by atoms with Crippen molar-refractivity contribution in [2.24, 2.45) is 0 Å². The van der Waals surface area contributed by atoms with Crippen LogP contribution in [0.1, 0.15) is 19.7 Å². The minimum absolute atomic E-state index is 0.0577. The molecule has 22 heavy (non-hydrogen) atoms. The number of H-pyrrole nitrogens is 1. The van der Waals surface area contributed by atoms with Crippen molar-refractivity contribution in [3.05, 3.63) is 42.4 Å². The van der Waals surface area contributed by atoms with E-state index in [1.54, 1.807) is 0 Å². The maximum Gasteiger partial charge on any atom is 0.143 e. The number of nitrogens with zero attached hydrogens (tertiary/aromatic N) is 2. The Bertz CT molecular complexity index is 841. The quantitative estimate of drug-likeness (QED) is 0.773. The molecule has 2 N–H and O–H groups in total. The molecule has 0 bridgehead atoms. The number of aryl methyl sites for hydroxylation is 1. The largest absolute Gasteiger partial charge is 0.346 e. The lowest BCUT2D eigenvalue weighted by Gasteiger charge is -2.13. The van der Waals surface area contributed by atoms with Crippen LogP contribution in [0.3, 0.4) is 0 Å². The number of rotatable bonds is 4. The third-order valence-electron chi connectivity index (χ3n) is 3.31. The first-order chi connectivity index (χ1) is 10.6. The summed E-state index contributed by atoms with van der Waals surface area (Å²) in [5, 5.41) is 4.28. The number of aromatic amines is 1. The summed E-state index contributed by atoms with van der Waals surface area (Å²) < 4.78 is 12.5. The Morgan fingerprint density at radius 3 is 2.73 bits per heavy atom. The average molecular weight is 314 g/mol. The maximum absolute atomic E-state index is 12.5. The van der Waals surface area contributed by atoms with E-state index in [4.69, 9.17) is 0 Å². The monoisotopic (exact) mass is 314 g/mol. The maximum atomic E-state index is 12.5. The van der Waals surface area contributed by atoms with E-state index in [1.165, 1.54) is 0 Å². The summed E-state index contributed by atoms with van der Waals surface area (Å²) in [6.45, 7) is 5.75. The van der Waals surface area contributed by atoms with Gasteiger partial charge in [0.1, 0.15) is 17.3 Å². The molecule has 1 unspecified atom stereocenters. The summed E-state index contributed by atoms with van der Waals surface area (Å²) in [5.41, 5.74) is 1.60. The van der Waals surface area contributed by atoms with Gasteiger partial charge in [-0.15, -0.1) is 0 Å². The fourth-order valence-corrected chi connectivity index (χ4v) is 3.33. The predicted molar refractivity (Wildman–Crippen MR) is 89.9 cm³/mol. The number of fused-ring (bicyclic) bond motifs is 1. The summed E-state index contributed by atoms with van der Waals surface area (Å²) in [5.74, 6) is 1.40. The van der Waals surface area contributed by atoms with E-state index in [1.807, 2.05) is 57.3 Å². The van der Waals surface area contributed by atoms with Crippen LogP contribution in [0.15, 0.2) is 41.4 Å².